The molecule has 3 rings (SSSR count). The summed E-state index contributed by atoms with van der Waals surface area (Å²) in [5, 5.41) is 25.9. The highest BCUT2D eigenvalue weighted by atomic mass is 32.1. The first-order valence-corrected chi connectivity index (χ1v) is 9.22. The third-order valence-corrected chi connectivity index (χ3v) is 4.97. The molecule has 1 N–H and O–H groups in total. The molecule has 0 fully saturated rings. The predicted molar refractivity (Wildman–Crippen MR) is 109 cm³/mol. The fraction of sp³-hybridized carbons (Fsp3) is 0.100. The number of aryl methyl sites for hydroxylation is 1. The number of benzene rings is 2. The molecule has 0 aliphatic heterocycles. The monoisotopic (exact) mass is 410 g/mol. The van der Waals surface area contributed by atoms with Gasteiger partial charge >= 0.3 is 5.69 Å². The Bertz CT molecular complexity index is 1130. The number of halogens is 1. The number of methoxy groups -OCH3 is 1. The van der Waals surface area contributed by atoms with Gasteiger partial charge in [0.05, 0.1) is 17.7 Å². The van der Waals surface area contributed by atoms with Crippen LogP contribution in [0.1, 0.15) is 10.6 Å². The van der Waals surface area contributed by atoms with Crippen LogP contribution in [-0.4, -0.2) is 17.0 Å². The van der Waals surface area contributed by atoms with Crippen molar-refractivity contribution in [3.63, 3.8) is 0 Å². The van der Waals surface area contributed by atoms with E-state index < -0.39 is 4.92 Å². The number of nitrogens with one attached hydrogen (secondary N) is 1. The lowest BCUT2D eigenvalue weighted by Gasteiger charge is -2.09. The smallest absolute Gasteiger partial charge is 0.311 e. The summed E-state index contributed by atoms with van der Waals surface area (Å²) in [6.07, 6.45) is 1.49. The van der Waals surface area contributed by atoms with E-state index in [1.807, 2.05) is 0 Å². The van der Waals surface area contributed by atoms with Gasteiger partial charge in [0.15, 0.2) is 5.75 Å². The average molecular weight is 410 g/mol. The van der Waals surface area contributed by atoms with Gasteiger partial charge in [-0.15, -0.1) is 11.3 Å². The van der Waals surface area contributed by atoms with Crippen LogP contribution in [0.5, 0.6) is 5.75 Å². The summed E-state index contributed by atoms with van der Waals surface area (Å²) in [6, 6.07) is 10.9. The van der Waals surface area contributed by atoms with Crippen LogP contribution >= 0.6 is 11.3 Å². The van der Waals surface area contributed by atoms with E-state index in [4.69, 9.17) is 4.74 Å². The van der Waals surface area contributed by atoms with E-state index in [1.165, 1.54) is 48.9 Å². The molecule has 0 aliphatic carbocycles. The lowest BCUT2D eigenvalue weighted by Crippen LogP contribution is -1.99. The molecule has 0 saturated carbocycles. The lowest BCUT2D eigenvalue weighted by atomic mass is 10.1. The van der Waals surface area contributed by atoms with Gasteiger partial charge in [-0.25, -0.2) is 9.37 Å². The van der Waals surface area contributed by atoms with E-state index in [2.05, 4.69) is 16.4 Å². The fourth-order valence-corrected chi connectivity index (χ4v) is 3.37. The zero-order valence-electron chi connectivity index (χ0n) is 15.5. The van der Waals surface area contributed by atoms with Crippen molar-refractivity contribution in [3.8, 4) is 23.1 Å². The van der Waals surface area contributed by atoms with E-state index in [0.29, 0.717) is 27.5 Å². The van der Waals surface area contributed by atoms with Crippen LogP contribution in [-0.2, 0) is 0 Å². The van der Waals surface area contributed by atoms with Crippen molar-refractivity contribution in [2.45, 2.75) is 6.92 Å². The maximum absolute atomic E-state index is 13.1. The summed E-state index contributed by atoms with van der Waals surface area (Å²) in [7, 11) is 1.35. The number of hydrogen-bond donors (Lipinski definition) is 1. The van der Waals surface area contributed by atoms with E-state index in [-0.39, 0.29) is 17.3 Å². The number of thiazole rings is 1. The molecule has 0 radical (unpaired) electrons. The second-order valence-corrected chi connectivity index (χ2v) is 6.81. The Morgan fingerprint density at radius 2 is 2.10 bits per heavy atom. The molecule has 29 heavy (non-hydrogen) atoms. The van der Waals surface area contributed by atoms with E-state index in [0.717, 1.165) is 5.56 Å². The minimum Gasteiger partial charge on any atom is -0.490 e. The Morgan fingerprint density at radius 3 is 2.72 bits per heavy atom. The molecule has 0 spiro atoms. The SMILES string of the molecule is COc1cc(N/C=C(\C#N)c2nc(-c3ccc(F)cc3)cs2)c(C)cc1[N+](=O)[O-]. The number of anilines is 1. The van der Waals surface area contributed by atoms with Crippen molar-refractivity contribution >= 4 is 28.3 Å². The van der Waals surface area contributed by atoms with Crippen LogP contribution in [0.25, 0.3) is 16.8 Å². The summed E-state index contributed by atoms with van der Waals surface area (Å²) in [5.41, 5.74) is 2.73. The molecule has 7 nitrogen and oxygen atoms in total. The number of hydrogen-bond acceptors (Lipinski definition) is 7. The van der Waals surface area contributed by atoms with Gasteiger partial charge in [-0.3, -0.25) is 10.1 Å². The number of nitriles is 1. The first-order chi connectivity index (χ1) is 13.9. The van der Waals surface area contributed by atoms with E-state index in [1.54, 1.807) is 24.4 Å². The highest BCUT2D eigenvalue weighted by Crippen LogP contribution is 2.33. The molecule has 2 aromatic carbocycles. The number of ether oxygens (including phenoxy) is 1. The highest BCUT2D eigenvalue weighted by molar-refractivity contribution is 7.11. The molecule has 0 amide bonds. The zero-order chi connectivity index (χ0) is 21.0. The Balaban J connectivity index is 1.87. The summed E-state index contributed by atoms with van der Waals surface area (Å²) < 4.78 is 18.2. The third kappa shape index (κ3) is 4.39. The first-order valence-electron chi connectivity index (χ1n) is 8.34. The van der Waals surface area contributed by atoms with Gasteiger partial charge in [-0.05, 0) is 36.8 Å². The fourth-order valence-electron chi connectivity index (χ4n) is 2.58. The standard InChI is InChI=1S/C20H15FN4O3S/c1-12-7-18(25(26)27)19(28-2)8-16(12)23-10-14(9-22)20-24-17(11-29-20)13-3-5-15(21)6-4-13/h3-8,10-11,23H,1-2H3/b14-10+. The van der Waals surface area contributed by atoms with Gasteiger partial charge < -0.3 is 10.1 Å². The van der Waals surface area contributed by atoms with Gasteiger partial charge in [-0.2, -0.15) is 5.26 Å². The average Bonchev–Trinajstić information content (AvgIpc) is 3.19. The molecule has 0 saturated heterocycles. The van der Waals surface area contributed by atoms with Crippen molar-refractivity contribution < 1.29 is 14.1 Å². The minimum absolute atomic E-state index is 0.114. The summed E-state index contributed by atoms with van der Waals surface area (Å²) in [6.45, 7) is 1.71. The van der Waals surface area contributed by atoms with Gasteiger partial charge in [0.2, 0.25) is 0 Å². The molecule has 0 bridgehead atoms. The topological polar surface area (TPSA) is 101 Å². The number of nitrogens with zero attached hydrogens (tertiary/aromatic N) is 3. The second kappa shape index (κ2) is 8.50. The third-order valence-electron chi connectivity index (χ3n) is 4.09. The van der Waals surface area contributed by atoms with Crippen molar-refractivity contribution in [3.05, 3.63) is 74.5 Å². The number of nitro benzene ring substituents is 1. The van der Waals surface area contributed by atoms with Crippen LogP contribution in [0.15, 0.2) is 48.0 Å². The Morgan fingerprint density at radius 1 is 1.38 bits per heavy atom. The molecule has 9 heteroatoms. The van der Waals surface area contributed by atoms with Crippen LogP contribution in [0, 0.1) is 34.2 Å². The molecule has 0 aliphatic rings. The first kappa shape index (κ1) is 20.0. The maximum atomic E-state index is 13.1. The van der Waals surface area contributed by atoms with Gasteiger partial charge in [0.1, 0.15) is 22.5 Å². The van der Waals surface area contributed by atoms with Crippen molar-refractivity contribution in [1.82, 2.24) is 4.98 Å². The molecule has 3 aromatic rings. The van der Waals surface area contributed by atoms with E-state index >= 15 is 0 Å². The van der Waals surface area contributed by atoms with E-state index in [9.17, 15) is 19.8 Å². The summed E-state index contributed by atoms with van der Waals surface area (Å²) in [4.78, 5) is 15.0. The summed E-state index contributed by atoms with van der Waals surface area (Å²) in [5.74, 6) is -0.220. The number of aromatic nitrogens is 1. The Hall–Kier alpha value is -3.77. The molecule has 0 unspecified atom stereocenters. The second-order valence-electron chi connectivity index (χ2n) is 5.96. The maximum Gasteiger partial charge on any atom is 0.311 e. The normalized spacial score (nSPS) is 11.0. The number of rotatable bonds is 6. The molecular weight excluding hydrogens is 395 g/mol. The van der Waals surface area contributed by atoms with Gasteiger partial charge in [0, 0.05) is 35.0 Å². The van der Waals surface area contributed by atoms with Crippen LogP contribution in [0.3, 0.4) is 0 Å². The molecule has 146 valence electrons. The number of nitro groups is 1. The molecule has 1 aromatic heterocycles. The highest BCUT2D eigenvalue weighted by Gasteiger charge is 2.17. The molecule has 1 heterocycles. The van der Waals surface area contributed by atoms with Crippen LogP contribution in [0.4, 0.5) is 15.8 Å². The zero-order valence-corrected chi connectivity index (χ0v) is 16.3. The number of allylic oxidation sites excluding steroid dienone is 1. The van der Waals surface area contributed by atoms with Crippen LogP contribution < -0.4 is 10.1 Å². The minimum atomic E-state index is -0.515. The van der Waals surface area contributed by atoms with Gasteiger partial charge in [-0.1, -0.05) is 0 Å². The largest absolute Gasteiger partial charge is 0.490 e. The molecule has 0 atom stereocenters. The van der Waals surface area contributed by atoms with Gasteiger partial charge in [0.25, 0.3) is 0 Å². The van der Waals surface area contributed by atoms with Crippen molar-refractivity contribution in [2.24, 2.45) is 0 Å². The predicted octanol–water partition coefficient (Wildman–Crippen LogP) is 5.15. The quantitative estimate of drug-likeness (QED) is 0.343. The van der Waals surface area contributed by atoms with Crippen LogP contribution in [0.2, 0.25) is 0 Å². The lowest BCUT2D eigenvalue weighted by molar-refractivity contribution is -0.385. The Labute approximate surface area is 169 Å². The Kier molecular flexibility index (Phi) is 5.85. The van der Waals surface area contributed by atoms with Crippen molar-refractivity contribution in [2.75, 3.05) is 12.4 Å². The van der Waals surface area contributed by atoms with Crippen molar-refractivity contribution in [1.29, 1.82) is 5.26 Å². The molecular formula is C20H15FN4O3S. The summed E-state index contributed by atoms with van der Waals surface area (Å²) >= 11 is 1.28.